The molecule has 0 fully saturated rings. The third kappa shape index (κ3) is 4.52. The molecule has 0 aliphatic heterocycles. The van der Waals surface area contributed by atoms with E-state index in [2.05, 4.69) is 32.1 Å². The second-order valence-corrected chi connectivity index (χ2v) is 7.69. The number of carbonyl (C=O) groups is 1. The Kier molecular flexibility index (Phi) is 5.80. The van der Waals surface area contributed by atoms with Crippen molar-refractivity contribution < 1.29 is 17.6 Å². The van der Waals surface area contributed by atoms with Gasteiger partial charge in [-0.05, 0) is 59.8 Å². The van der Waals surface area contributed by atoms with E-state index in [1.807, 2.05) is 0 Å². The van der Waals surface area contributed by atoms with Gasteiger partial charge < -0.3 is 5.32 Å². The molecule has 0 aliphatic carbocycles. The second-order valence-electron chi connectivity index (χ2n) is 5.92. The first-order valence-corrected chi connectivity index (χ1v) is 9.87. The summed E-state index contributed by atoms with van der Waals surface area (Å²) < 4.78 is 41.8. The maximum atomic E-state index is 14.1. The first kappa shape index (κ1) is 20.3. The van der Waals surface area contributed by atoms with Gasteiger partial charge in [-0.2, -0.15) is 4.68 Å². The van der Waals surface area contributed by atoms with E-state index >= 15 is 0 Å². The number of sulfonamides is 1. The lowest BCUT2D eigenvalue weighted by atomic mass is 10.2. The van der Waals surface area contributed by atoms with Gasteiger partial charge in [0.05, 0.1) is 4.90 Å². The number of rotatable bonds is 7. The Balaban J connectivity index is 1.79. The molecule has 1 heterocycles. The van der Waals surface area contributed by atoms with E-state index < -0.39 is 21.7 Å². The van der Waals surface area contributed by atoms with Gasteiger partial charge in [0, 0.05) is 17.8 Å². The molecule has 0 radical (unpaired) electrons. The van der Waals surface area contributed by atoms with Gasteiger partial charge in [-0.15, -0.1) is 11.7 Å². The summed E-state index contributed by atoms with van der Waals surface area (Å²) in [5, 5.41) is 13.5. The molecule has 1 amide bonds. The standard InChI is InChI=1S/C18H17FN6O3S/c1-3-10-20-29(27,28)15-7-4-13(5-8-15)18(26)21-14-6-9-16(19)17(11-14)25-12(2)22-23-24-25/h3-9,11,20H,1,10H2,2H3,(H,21,26). The molecule has 9 nitrogen and oxygen atoms in total. The van der Waals surface area contributed by atoms with Crippen LogP contribution < -0.4 is 10.0 Å². The van der Waals surface area contributed by atoms with E-state index in [1.165, 1.54) is 53.2 Å². The van der Waals surface area contributed by atoms with Gasteiger partial charge in [0.15, 0.2) is 5.82 Å². The van der Waals surface area contributed by atoms with Crippen molar-refractivity contribution in [3.05, 3.63) is 72.3 Å². The minimum atomic E-state index is -3.68. The molecule has 1 aromatic heterocycles. The van der Waals surface area contributed by atoms with Crippen LogP contribution in [0.4, 0.5) is 10.1 Å². The van der Waals surface area contributed by atoms with E-state index in [0.717, 1.165) is 0 Å². The fourth-order valence-corrected chi connectivity index (χ4v) is 3.45. The summed E-state index contributed by atoms with van der Waals surface area (Å²) in [6.45, 7) is 5.16. The average molecular weight is 416 g/mol. The molecular formula is C18H17FN6O3S. The summed E-state index contributed by atoms with van der Waals surface area (Å²) in [4.78, 5) is 12.5. The number of hydrogen-bond donors (Lipinski definition) is 2. The van der Waals surface area contributed by atoms with Gasteiger partial charge in [-0.3, -0.25) is 4.79 Å². The molecule has 11 heteroatoms. The lowest BCUT2D eigenvalue weighted by Gasteiger charge is -2.10. The number of nitrogens with zero attached hydrogens (tertiary/aromatic N) is 4. The fourth-order valence-electron chi connectivity index (χ4n) is 2.45. The molecule has 0 saturated heterocycles. The van der Waals surface area contributed by atoms with Crippen molar-refractivity contribution in [2.24, 2.45) is 0 Å². The number of benzene rings is 2. The largest absolute Gasteiger partial charge is 0.322 e. The Bertz CT molecular complexity index is 1160. The van der Waals surface area contributed by atoms with Crippen LogP contribution in [0.5, 0.6) is 0 Å². The molecule has 0 atom stereocenters. The topological polar surface area (TPSA) is 119 Å². The van der Waals surface area contributed by atoms with E-state index in [1.54, 1.807) is 6.92 Å². The summed E-state index contributed by atoms with van der Waals surface area (Å²) >= 11 is 0. The van der Waals surface area contributed by atoms with Gasteiger partial charge in [0.2, 0.25) is 10.0 Å². The second kappa shape index (κ2) is 8.29. The van der Waals surface area contributed by atoms with Crippen LogP contribution in [-0.4, -0.2) is 41.1 Å². The van der Waals surface area contributed by atoms with Crippen molar-refractivity contribution in [2.75, 3.05) is 11.9 Å². The lowest BCUT2D eigenvalue weighted by Crippen LogP contribution is -2.23. The predicted octanol–water partition coefficient (Wildman–Crippen LogP) is 1.83. The zero-order chi connectivity index (χ0) is 21.0. The van der Waals surface area contributed by atoms with E-state index in [4.69, 9.17) is 0 Å². The van der Waals surface area contributed by atoms with Gasteiger partial charge >= 0.3 is 0 Å². The zero-order valence-electron chi connectivity index (χ0n) is 15.3. The minimum absolute atomic E-state index is 0.0223. The highest BCUT2D eigenvalue weighted by molar-refractivity contribution is 7.89. The van der Waals surface area contributed by atoms with Crippen LogP contribution in [0.15, 0.2) is 60.0 Å². The summed E-state index contributed by atoms with van der Waals surface area (Å²) in [6.07, 6.45) is 1.42. The van der Waals surface area contributed by atoms with Crippen molar-refractivity contribution in [2.45, 2.75) is 11.8 Å². The molecular weight excluding hydrogens is 399 g/mol. The van der Waals surface area contributed by atoms with Crippen LogP contribution in [0.1, 0.15) is 16.2 Å². The average Bonchev–Trinajstić information content (AvgIpc) is 3.13. The maximum absolute atomic E-state index is 14.1. The van der Waals surface area contributed by atoms with Crippen LogP contribution in [0.2, 0.25) is 0 Å². The highest BCUT2D eigenvalue weighted by Gasteiger charge is 2.15. The Morgan fingerprint density at radius 2 is 1.97 bits per heavy atom. The van der Waals surface area contributed by atoms with Crippen LogP contribution in [0.3, 0.4) is 0 Å². The highest BCUT2D eigenvalue weighted by Crippen LogP contribution is 2.20. The summed E-state index contributed by atoms with van der Waals surface area (Å²) in [7, 11) is -3.68. The quantitative estimate of drug-likeness (QED) is 0.567. The van der Waals surface area contributed by atoms with Gasteiger partial charge in [-0.1, -0.05) is 6.08 Å². The number of aryl methyl sites for hydroxylation is 1. The minimum Gasteiger partial charge on any atom is -0.322 e. The predicted molar refractivity (Wildman–Crippen MR) is 104 cm³/mol. The monoisotopic (exact) mass is 416 g/mol. The Hall–Kier alpha value is -3.44. The number of carbonyl (C=O) groups excluding carboxylic acids is 1. The van der Waals surface area contributed by atoms with Crippen LogP contribution >= 0.6 is 0 Å². The van der Waals surface area contributed by atoms with Crippen molar-refractivity contribution in [1.82, 2.24) is 24.9 Å². The number of aromatic nitrogens is 4. The smallest absolute Gasteiger partial charge is 0.255 e. The third-order valence-electron chi connectivity index (χ3n) is 3.90. The Morgan fingerprint density at radius 1 is 1.24 bits per heavy atom. The SMILES string of the molecule is C=CCNS(=O)(=O)c1ccc(C(=O)Nc2ccc(F)c(-n3nnnc3C)c2)cc1. The molecule has 0 spiro atoms. The van der Waals surface area contributed by atoms with Crippen molar-refractivity contribution in [1.29, 1.82) is 0 Å². The lowest BCUT2D eigenvalue weighted by molar-refractivity contribution is 0.102. The van der Waals surface area contributed by atoms with Gasteiger partial charge in [0.25, 0.3) is 5.91 Å². The number of tetrazole rings is 1. The summed E-state index contributed by atoms with van der Waals surface area (Å²) in [5.41, 5.74) is 0.642. The molecule has 29 heavy (non-hydrogen) atoms. The number of nitrogens with one attached hydrogen (secondary N) is 2. The summed E-state index contributed by atoms with van der Waals surface area (Å²) in [5.74, 6) is -0.659. The highest BCUT2D eigenvalue weighted by atomic mass is 32.2. The first-order valence-electron chi connectivity index (χ1n) is 8.38. The molecule has 0 saturated carbocycles. The van der Waals surface area contributed by atoms with E-state index in [-0.39, 0.29) is 22.7 Å². The maximum Gasteiger partial charge on any atom is 0.255 e. The van der Waals surface area contributed by atoms with Crippen molar-refractivity contribution in [3.8, 4) is 5.69 Å². The van der Waals surface area contributed by atoms with Crippen molar-refractivity contribution in [3.63, 3.8) is 0 Å². The fraction of sp³-hybridized carbons (Fsp3) is 0.111. The summed E-state index contributed by atoms with van der Waals surface area (Å²) in [6, 6.07) is 9.39. The molecule has 0 unspecified atom stereocenters. The molecule has 0 aliphatic rings. The number of hydrogen-bond acceptors (Lipinski definition) is 6. The molecule has 2 N–H and O–H groups in total. The van der Waals surface area contributed by atoms with Gasteiger partial charge in [0.1, 0.15) is 11.5 Å². The Labute approximate surface area is 166 Å². The van der Waals surface area contributed by atoms with Crippen molar-refractivity contribution >= 4 is 21.6 Å². The zero-order valence-corrected chi connectivity index (χ0v) is 16.1. The van der Waals surface area contributed by atoms with Crippen LogP contribution in [-0.2, 0) is 10.0 Å². The number of anilines is 1. The third-order valence-corrected chi connectivity index (χ3v) is 5.34. The normalized spacial score (nSPS) is 11.2. The Morgan fingerprint density at radius 3 is 2.59 bits per heavy atom. The molecule has 150 valence electrons. The van der Waals surface area contributed by atoms with Crippen LogP contribution in [0, 0.1) is 12.7 Å². The molecule has 2 aromatic carbocycles. The van der Waals surface area contributed by atoms with E-state index in [9.17, 15) is 17.6 Å². The van der Waals surface area contributed by atoms with Crippen LogP contribution in [0.25, 0.3) is 5.69 Å². The molecule has 3 aromatic rings. The molecule has 3 rings (SSSR count). The van der Waals surface area contributed by atoms with E-state index in [0.29, 0.717) is 11.5 Å². The first-order chi connectivity index (χ1) is 13.8. The number of halogens is 1. The molecule has 0 bridgehead atoms. The number of amides is 1. The van der Waals surface area contributed by atoms with Gasteiger partial charge in [-0.25, -0.2) is 17.5 Å².